The van der Waals surface area contributed by atoms with E-state index in [0.717, 1.165) is 16.7 Å². The van der Waals surface area contributed by atoms with E-state index in [1.54, 1.807) is 0 Å². The molecule has 0 N–H and O–H groups in total. The van der Waals surface area contributed by atoms with Gasteiger partial charge in [0, 0.05) is 16.3 Å². The van der Waals surface area contributed by atoms with E-state index in [9.17, 15) is 0 Å². The molecule has 0 saturated heterocycles. The highest BCUT2D eigenvalue weighted by Crippen LogP contribution is 2.45. The van der Waals surface area contributed by atoms with Crippen LogP contribution in [0.1, 0.15) is 79.0 Å². The van der Waals surface area contributed by atoms with Crippen LogP contribution in [0.15, 0.2) is 83.3 Å². The van der Waals surface area contributed by atoms with E-state index in [-0.39, 0.29) is 16.2 Å². The van der Waals surface area contributed by atoms with Gasteiger partial charge in [0.25, 0.3) is 0 Å². The number of hydrogen-bond acceptors (Lipinski definition) is 1. The van der Waals surface area contributed by atoms with Gasteiger partial charge in [-0.25, -0.2) is 0 Å². The van der Waals surface area contributed by atoms with E-state index in [0.29, 0.717) is 0 Å². The normalized spacial score (nSPS) is 13.0. The van der Waals surface area contributed by atoms with Crippen LogP contribution >= 0.6 is 0 Å². The standard InChI is InChI=1S/C36H40O/c1-34(2,3)24-20-23(21-25(22-24)35(4,5)6)26-15-12-16-28(32(26)36(7,8)9)30-18-13-17-29-27-14-10-11-19-31(27)37-33(29)30/h10-22H,1-9H3. The molecule has 0 bridgehead atoms. The first-order chi connectivity index (χ1) is 17.2. The number of hydrogen-bond donors (Lipinski definition) is 0. The van der Waals surface area contributed by atoms with Crippen LogP contribution < -0.4 is 0 Å². The highest BCUT2D eigenvalue weighted by molar-refractivity contribution is 6.10. The predicted molar refractivity (Wildman–Crippen MR) is 161 cm³/mol. The fourth-order valence-electron chi connectivity index (χ4n) is 5.43. The average Bonchev–Trinajstić information content (AvgIpc) is 3.20. The Bertz CT molecular complexity index is 1580. The Morgan fingerprint density at radius 2 is 1.03 bits per heavy atom. The van der Waals surface area contributed by atoms with Crippen molar-refractivity contribution in [1.29, 1.82) is 0 Å². The lowest BCUT2D eigenvalue weighted by Crippen LogP contribution is -2.18. The van der Waals surface area contributed by atoms with Crippen molar-refractivity contribution in [3.63, 3.8) is 0 Å². The molecule has 37 heavy (non-hydrogen) atoms. The molecular formula is C36H40O. The minimum atomic E-state index is -0.0697. The Labute approximate surface area is 222 Å². The Kier molecular flexibility index (Phi) is 5.90. The first kappa shape index (κ1) is 25.3. The highest BCUT2D eigenvalue weighted by Gasteiger charge is 2.27. The summed E-state index contributed by atoms with van der Waals surface area (Å²) in [6.45, 7) is 20.8. The summed E-state index contributed by atoms with van der Waals surface area (Å²) in [5.41, 5.74) is 11.1. The van der Waals surface area contributed by atoms with Crippen LogP contribution in [0.2, 0.25) is 0 Å². The molecule has 0 fully saturated rings. The van der Waals surface area contributed by atoms with Crippen molar-refractivity contribution >= 4 is 21.9 Å². The number of rotatable bonds is 2. The molecule has 0 aliphatic heterocycles. The van der Waals surface area contributed by atoms with E-state index < -0.39 is 0 Å². The minimum absolute atomic E-state index is 0.0649. The topological polar surface area (TPSA) is 13.1 Å². The molecule has 0 amide bonds. The van der Waals surface area contributed by atoms with Gasteiger partial charge in [-0.1, -0.05) is 135 Å². The minimum Gasteiger partial charge on any atom is -0.455 e. The quantitative estimate of drug-likeness (QED) is 0.241. The molecule has 0 saturated carbocycles. The van der Waals surface area contributed by atoms with Crippen LogP contribution in [0.4, 0.5) is 0 Å². The second-order valence-corrected chi connectivity index (χ2v) is 13.6. The maximum Gasteiger partial charge on any atom is 0.143 e. The Balaban J connectivity index is 1.84. The van der Waals surface area contributed by atoms with Gasteiger partial charge in [0.1, 0.15) is 11.2 Å². The van der Waals surface area contributed by atoms with Crippen molar-refractivity contribution in [2.24, 2.45) is 0 Å². The molecule has 0 aliphatic rings. The molecule has 1 heteroatoms. The summed E-state index contributed by atoms with van der Waals surface area (Å²) in [4.78, 5) is 0. The third kappa shape index (κ3) is 4.61. The van der Waals surface area contributed by atoms with E-state index in [4.69, 9.17) is 4.42 Å². The van der Waals surface area contributed by atoms with Crippen molar-refractivity contribution in [3.05, 3.63) is 95.6 Å². The van der Waals surface area contributed by atoms with Gasteiger partial charge < -0.3 is 4.42 Å². The molecule has 1 heterocycles. The maximum absolute atomic E-state index is 6.48. The highest BCUT2D eigenvalue weighted by atomic mass is 16.3. The summed E-state index contributed by atoms with van der Waals surface area (Å²) < 4.78 is 6.48. The molecule has 5 rings (SSSR count). The number of furan rings is 1. The lowest BCUT2D eigenvalue weighted by Gasteiger charge is -2.30. The van der Waals surface area contributed by atoms with Crippen LogP contribution in [-0.4, -0.2) is 0 Å². The van der Waals surface area contributed by atoms with Crippen molar-refractivity contribution in [2.75, 3.05) is 0 Å². The molecule has 0 atom stereocenters. The first-order valence-corrected chi connectivity index (χ1v) is 13.5. The van der Waals surface area contributed by atoms with Crippen LogP contribution in [0.25, 0.3) is 44.2 Å². The second-order valence-electron chi connectivity index (χ2n) is 13.6. The molecule has 0 spiro atoms. The first-order valence-electron chi connectivity index (χ1n) is 13.5. The zero-order valence-corrected chi connectivity index (χ0v) is 23.9. The smallest absolute Gasteiger partial charge is 0.143 e. The second kappa shape index (κ2) is 8.62. The molecule has 190 valence electrons. The average molecular weight is 489 g/mol. The third-order valence-electron chi connectivity index (χ3n) is 7.48. The predicted octanol–water partition coefficient (Wildman–Crippen LogP) is 10.8. The monoisotopic (exact) mass is 488 g/mol. The van der Waals surface area contributed by atoms with Gasteiger partial charge in [-0.15, -0.1) is 0 Å². The Morgan fingerprint density at radius 3 is 1.65 bits per heavy atom. The SMILES string of the molecule is CC(C)(C)c1cc(-c2cccc(-c3cccc4c3oc3ccccc34)c2C(C)(C)C)cc(C(C)(C)C)c1. The van der Waals surface area contributed by atoms with E-state index in [2.05, 4.69) is 135 Å². The van der Waals surface area contributed by atoms with Crippen LogP contribution in [0.3, 0.4) is 0 Å². The summed E-state index contributed by atoms with van der Waals surface area (Å²) in [7, 11) is 0. The number of fused-ring (bicyclic) bond motifs is 3. The van der Waals surface area contributed by atoms with Gasteiger partial charge in [-0.3, -0.25) is 0 Å². The molecule has 4 aromatic carbocycles. The Morgan fingerprint density at radius 1 is 0.486 bits per heavy atom. The van der Waals surface area contributed by atoms with Crippen molar-refractivity contribution < 1.29 is 4.42 Å². The maximum atomic E-state index is 6.48. The molecule has 0 unspecified atom stereocenters. The lowest BCUT2D eigenvalue weighted by molar-refractivity contribution is 0.568. The van der Waals surface area contributed by atoms with E-state index in [1.165, 1.54) is 44.2 Å². The fourth-order valence-corrected chi connectivity index (χ4v) is 5.43. The van der Waals surface area contributed by atoms with Crippen LogP contribution in [0, 0.1) is 0 Å². The summed E-state index contributed by atoms with van der Waals surface area (Å²) in [5.74, 6) is 0. The van der Waals surface area contributed by atoms with Gasteiger partial charge in [-0.2, -0.15) is 0 Å². The lowest BCUT2D eigenvalue weighted by atomic mass is 9.74. The molecule has 1 nitrogen and oxygen atoms in total. The van der Waals surface area contributed by atoms with Gasteiger partial charge >= 0.3 is 0 Å². The number of benzene rings is 4. The summed E-state index contributed by atoms with van der Waals surface area (Å²) in [6.07, 6.45) is 0. The van der Waals surface area contributed by atoms with Gasteiger partial charge in [0.15, 0.2) is 0 Å². The van der Waals surface area contributed by atoms with Crippen molar-refractivity contribution in [3.8, 4) is 22.3 Å². The van der Waals surface area contributed by atoms with E-state index in [1.807, 2.05) is 6.07 Å². The zero-order chi connectivity index (χ0) is 26.8. The third-order valence-corrected chi connectivity index (χ3v) is 7.48. The largest absolute Gasteiger partial charge is 0.455 e. The summed E-state index contributed by atoms with van der Waals surface area (Å²) >= 11 is 0. The van der Waals surface area contributed by atoms with Crippen molar-refractivity contribution in [2.45, 2.75) is 78.6 Å². The number of para-hydroxylation sites is 2. The zero-order valence-electron chi connectivity index (χ0n) is 23.9. The van der Waals surface area contributed by atoms with Gasteiger partial charge in [0.05, 0.1) is 0 Å². The van der Waals surface area contributed by atoms with Crippen LogP contribution in [-0.2, 0) is 16.2 Å². The van der Waals surface area contributed by atoms with E-state index >= 15 is 0 Å². The fraction of sp³-hybridized carbons (Fsp3) is 0.333. The molecule has 5 aromatic rings. The Hall–Kier alpha value is -3.32. The van der Waals surface area contributed by atoms with Crippen molar-refractivity contribution in [1.82, 2.24) is 0 Å². The summed E-state index contributed by atoms with van der Waals surface area (Å²) in [6, 6.07) is 28.9. The van der Waals surface area contributed by atoms with Gasteiger partial charge in [0.2, 0.25) is 0 Å². The molecule has 1 aromatic heterocycles. The molecule has 0 radical (unpaired) electrons. The van der Waals surface area contributed by atoms with Crippen LogP contribution in [0.5, 0.6) is 0 Å². The molecule has 0 aliphatic carbocycles. The molecular weight excluding hydrogens is 448 g/mol. The summed E-state index contributed by atoms with van der Waals surface area (Å²) in [5, 5.41) is 2.34. The van der Waals surface area contributed by atoms with Gasteiger partial charge in [-0.05, 0) is 55.7 Å².